The number of carbonyl (C=O) groups excluding carboxylic acids is 1. The van der Waals surface area contributed by atoms with Crippen LogP contribution in [0.1, 0.15) is 47.9 Å². The lowest BCUT2D eigenvalue weighted by Gasteiger charge is -2.33. The lowest BCUT2D eigenvalue weighted by Crippen LogP contribution is -2.35. The zero-order valence-corrected chi connectivity index (χ0v) is 22.3. The van der Waals surface area contributed by atoms with E-state index in [1.54, 1.807) is 33.1 Å². The molecule has 0 spiro atoms. The van der Waals surface area contributed by atoms with Crippen molar-refractivity contribution in [1.29, 1.82) is 0 Å². The Labute approximate surface area is 209 Å². The number of hydrogen-bond acceptors (Lipinski definition) is 7. The number of piperidine rings is 1. The van der Waals surface area contributed by atoms with Crippen molar-refractivity contribution in [3.63, 3.8) is 0 Å². The number of sulfonamides is 1. The van der Waals surface area contributed by atoms with Gasteiger partial charge in [0, 0.05) is 52.3 Å². The second kappa shape index (κ2) is 11.5. The third-order valence-corrected chi connectivity index (χ3v) is 8.98. The molecular weight excluding hydrogens is 464 g/mol. The van der Waals surface area contributed by atoms with Gasteiger partial charge in [-0.3, -0.25) is 4.79 Å². The molecule has 192 valence electrons. The van der Waals surface area contributed by atoms with Gasteiger partial charge in [0.05, 0.1) is 12.0 Å². The number of ketones is 1. The first-order valence-corrected chi connectivity index (χ1v) is 13.5. The van der Waals surface area contributed by atoms with Crippen molar-refractivity contribution in [2.45, 2.75) is 57.9 Å². The first-order chi connectivity index (χ1) is 16.6. The average Bonchev–Trinajstić information content (AvgIpc) is 2.82. The smallest absolute Gasteiger partial charge is 0.243 e. The Hall–Kier alpha value is -2.49. The van der Waals surface area contributed by atoms with Crippen LogP contribution in [0.2, 0.25) is 0 Å². The van der Waals surface area contributed by atoms with Crippen molar-refractivity contribution in [2.75, 3.05) is 38.7 Å². The van der Waals surface area contributed by atoms with Crippen molar-refractivity contribution < 1.29 is 17.9 Å². The normalized spacial score (nSPS) is 15.0. The number of benzene rings is 1. The highest BCUT2D eigenvalue weighted by Crippen LogP contribution is 2.29. The Balaban J connectivity index is 1.52. The summed E-state index contributed by atoms with van der Waals surface area (Å²) < 4.78 is 32.9. The summed E-state index contributed by atoms with van der Waals surface area (Å²) in [5.41, 5.74) is 9.12. The number of Topliss-reactive ketones (excluding diaryl/α,β-unsaturated/α-hetero) is 1. The van der Waals surface area contributed by atoms with Gasteiger partial charge in [0.1, 0.15) is 17.4 Å². The molecule has 0 unspecified atom stereocenters. The fourth-order valence-electron chi connectivity index (χ4n) is 4.83. The average molecular weight is 503 g/mol. The van der Waals surface area contributed by atoms with E-state index >= 15 is 0 Å². The molecule has 35 heavy (non-hydrogen) atoms. The predicted octanol–water partition coefficient (Wildman–Crippen LogP) is 3.36. The van der Waals surface area contributed by atoms with Crippen LogP contribution in [-0.2, 0) is 21.4 Å². The summed E-state index contributed by atoms with van der Waals surface area (Å²) in [5, 5.41) is 0. The van der Waals surface area contributed by atoms with Crippen LogP contribution in [0.4, 0.5) is 5.82 Å². The maximum atomic E-state index is 13.2. The maximum Gasteiger partial charge on any atom is 0.243 e. The molecule has 1 aromatic heterocycles. The minimum absolute atomic E-state index is 0.107. The number of methoxy groups -OCH3 is 1. The van der Waals surface area contributed by atoms with E-state index < -0.39 is 10.0 Å². The van der Waals surface area contributed by atoms with Crippen LogP contribution in [0.3, 0.4) is 0 Å². The number of anilines is 1. The maximum absolute atomic E-state index is 13.2. The van der Waals surface area contributed by atoms with Crippen molar-refractivity contribution >= 4 is 21.6 Å². The largest absolute Gasteiger partial charge is 0.497 e. The van der Waals surface area contributed by atoms with Crippen LogP contribution in [-0.4, -0.2) is 57.3 Å². The summed E-state index contributed by atoms with van der Waals surface area (Å²) in [4.78, 5) is 19.8. The molecule has 3 rings (SSSR count). The number of nitrogens with two attached hydrogens (primary N) is 1. The minimum atomic E-state index is -3.70. The summed E-state index contributed by atoms with van der Waals surface area (Å²) >= 11 is 0. The van der Waals surface area contributed by atoms with Gasteiger partial charge < -0.3 is 15.4 Å². The van der Waals surface area contributed by atoms with Gasteiger partial charge in [0.15, 0.2) is 0 Å². The SMILES string of the molecule is COc1cc(C)c(S(=O)(=O)N(C)CCC(=O)CC2CCN(c3ncc(CN)cc3C)CC2)c(C)c1. The molecule has 8 nitrogen and oxygen atoms in total. The number of ether oxygens (including phenoxy) is 1. The third kappa shape index (κ3) is 6.39. The predicted molar refractivity (Wildman–Crippen MR) is 138 cm³/mol. The number of carbonyl (C=O) groups is 1. The topological polar surface area (TPSA) is 106 Å². The number of pyridine rings is 1. The fraction of sp³-hybridized carbons (Fsp3) is 0.538. The number of aromatic nitrogens is 1. The molecule has 1 aromatic carbocycles. The Kier molecular flexibility index (Phi) is 8.90. The molecule has 2 aromatic rings. The molecule has 1 aliphatic rings. The van der Waals surface area contributed by atoms with E-state index in [2.05, 4.69) is 22.9 Å². The zero-order chi connectivity index (χ0) is 25.8. The zero-order valence-electron chi connectivity index (χ0n) is 21.5. The molecular formula is C26H38N4O4S. The highest BCUT2D eigenvalue weighted by atomic mass is 32.2. The Morgan fingerprint density at radius 1 is 1.14 bits per heavy atom. The molecule has 0 aliphatic carbocycles. The third-order valence-electron chi connectivity index (χ3n) is 6.82. The van der Waals surface area contributed by atoms with Crippen LogP contribution < -0.4 is 15.4 Å². The monoisotopic (exact) mass is 502 g/mol. The summed E-state index contributed by atoms with van der Waals surface area (Å²) in [6.07, 6.45) is 4.37. The quantitative estimate of drug-likeness (QED) is 0.531. The summed E-state index contributed by atoms with van der Waals surface area (Å²) in [6.45, 7) is 7.94. The van der Waals surface area contributed by atoms with E-state index in [0.29, 0.717) is 35.8 Å². The van der Waals surface area contributed by atoms with Gasteiger partial charge in [-0.15, -0.1) is 0 Å². The fourth-order valence-corrected chi connectivity index (χ4v) is 6.41. The molecule has 2 N–H and O–H groups in total. The van der Waals surface area contributed by atoms with Crippen molar-refractivity contribution in [1.82, 2.24) is 9.29 Å². The minimum Gasteiger partial charge on any atom is -0.497 e. The summed E-state index contributed by atoms with van der Waals surface area (Å²) in [7, 11) is -0.603. The Morgan fingerprint density at radius 2 is 1.77 bits per heavy atom. The second-order valence-corrected chi connectivity index (χ2v) is 11.5. The summed E-state index contributed by atoms with van der Waals surface area (Å²) in [5.74, 6) is 2.04. The number of hydrogen-bond donors (Lipinski definition) is 1. The molecule has 9 heteroatoms. The number of aryl methyl sites for hydroxylation is 3. The van der Waals surface area contributed by atoms with Crippen LogP contribution in [0.15, 0.2) is 29.3 Å². The molecule has 0 amide bonds. The van der Waals surface area contributed by atoms with Crippen LogP contribution in [0.25, 0.3) is 0 Å². The second-order valence-electron chi connectivity index (χ2n) is 9.53. The molecule has 0 bridgehead atoms. The molecule has 0 atom stereocenters. The van der Waals surface area contributed by atoms with E-state index in [-0.39, 0.29) is 23.6 Å². The van der Waals surface area contributed by atoms with Crippen molar-refractivity contribution in [3.8, 4) is 5.75 Å². The Morgan fingerprint density at radius 3 is 2.31 bits per heavy atom. The lowest BCUT2D eigenvalue weighted by molar-refractivity contribution is -0.120. The first-order valence-electron chi connectivity index (χ1n) is 12.1. The van der Waals surface area contributed by atoms with Gasteiger partial charge in [-0.2, -0.15) is 0 Å². The van der Waals surface area contributed by atoms with E-state index in [9.17, 15) is 13.2 Å². The van der Waals surface area contributed by atoms with Gasteiger partial charge in [0.25, 0.3) is 0 Å². The van der Waals surface area contributed by atoms with Crippen LogP contribution in [0.5, 0.6) is 5.75 Å². The van der Waals surface area contributed by atoms with Crippen LogP contribution >= 0.6 is 0 Å². The molecule has 0 saturated carbocycles. The van der Waals surface area contributed by atoms with E-state index in [1.807, 2.05) is 6.20 Å². The van der Waals surface area contributed by atoms with Crippen molar-refractivity contribution in [2.24, 2.45) is 11.7 Å². The Bertz CT molecular complexity index is 1130. The standard InChI is InChI=1S/C26H38N4O4S/c1-18-13-24(34-5)14-19(2)25(18)35(32,33)29(4)9-8-23(31)15-21-6-10-30(11-7-21)26-20(3)12-22(16-27)17-28-26/h12-14,17,21H,6-11,15-16,27H2,1-5H3. The molecule has 1 saturated heterocycles. The van der Waals surface area contributed by atoms with Gasteiger partial charge in [-0.05, 0) is 80.0 Å². The lowest BCUT2D eigenvalue weighted by atomic mass is 9.91. The first kappa shape index (κ1) is 27.1. The van der Waals surface area contributed by atoms with Gasteiger partial charge >= 0.3 is 0 Å². The number of nitrogens with zero attached hydrogens (tertiary/aromatic N) is 3. The molecule has 1 aliphatic heterocycles. The molecule has 0 radical (unpaired) electrons. The van der Waals surface area contributed by atoms with Gasteiger partial charge in [0.2, 0.25) is 10.0 Å². The molecule has 2 heterocycles. The van der Waals surface area contributed by atoms with Gasteiger partial charge in [-0.1, -0.05) is 0 Å². The van der Waals surface area contributed by atoms with E-state index in [0.717, 1.165) is 42.9 Å². The highest BCUT2D eigenvalue weighted by Gasteiger charge is 2.27. The molecule has 1 fully saturated rings. The van der Waals surface area contributed by atoms with Crippen molar-refractivity contribution in [3.05, 3.63) is 46.6 Å². The van der Waals surface area contributed by atoms with Gasteiger partial charge in [-0.25, -0.2) is 17.7 Å². The number of rotatable bonds is 10. The van der Waals surface area contributed by atoms with Crippen LogP contribution in [0, 0.1) is 26.7 Å². The summed E-state index contributed by atoms with van der Waals surface area (Å²) in [6, 6.07) is 5.51. The van der Waals surface area contributed by atoms with E-state index in [1.165, 1.54) is 11.4 Å². The highest BCUT2D eigenvalue weighted by molar-refractivity contribution is 7.89. The van der Waals surface area contributed by atoms with E-state index in [4.69, 9.17) is 10.5 Å².